The van der Waals surface area contributed by atoms with Crippen molar-refractivity contribution in [2.75, 3.05) is 33.7 Å². The lowest BCUT2D eigenvalue weighted by Gasteiger charge is -2.20. The van der Waals surface area contributed by atoms with E-state index in [0.717, 1.165) is 38.7 Å². The summed E-state index contributed by atoms with van der Waals surface area (Å²) in [7, 11) is 4.20. The predicted molar refractivity (Wildman–Crippen MR) is 105 cm³/mol. The molecule has 0 spiro atoms. The van der Waals surface area contributed by atoms with Gasteiger partial charge in [0.1, 0.15) is 0 Å². The molecule has 1 aromatic carbocycles. The summed E-state index contributed by atoms with van der Waals surface area (Å²) >= 11 is 0. The molecule has 1 aromatic rings. The number of guanidine groups is 1. The fourth-order valence-electron chi connectivity index (χ4n) is 2.71. The van der Waals surface area contributed by atoms with Gasteiger partial charge in [-0.3, -0.25) is 0 Å². The van der Waals surface area contributed by atoms with Crippen molar-refractivity contribution in [1.82, 2.24) is 15.1 Å². The van der Waals surface area contributed by atoms with E-state index in [4.69, 9.17) is 4.99 Å². The average Bonchev–Trinajstić information content (AvgIpc) is 2.97. The molecule has 1 fully saturated rings. The first-order valence-electron chi connectivity index (χ1n) is 7.95. The summed E-state index contributed by atoms with van der Waals surface area (Å²) in [4.78, 5) is 9.36. The molecule has 1 heterocycles. The van der Waals surface area contributed by atoms with E-state index in [0.29, 0.717) is 0 Å². The van der Waals surface area contributed by atoms with Gasteiger partial charge in [0, 0.05) is 26.2 Å². The highest BCUT2D eigenvalue weighted by atomic mass is 127. The maximum absolute atomic E-state index is 4.80. The molecule has 1 aliphatic heterocycles. The Balaban J connectivity index is 0.00000242. The van der Waals surface area contributed by atoms with Gasteiger partial charge in [-0.25, -0.2) is 4.99 Å². The molecule has 0 saturated carbocycles. The molecule has 1 aliphatic rings. The van der Waals surface area contributed by atoms with E-state index in [1.54, 1.807) is 0 Å². The first-order chi connectivity index (χ1) is 10.2. The summed E-state index contributed by atoms with van der Waals surface area (Å²) in [6.07, 6.45) is 2.56. The number of benzene rings is 1. The minimum Gasteiger partial charge on any atom is -0.357 e. The van der Waals surface area contributed by atoms with E-state index in [1.165, 1.54) is 24.0 Å². The average molecular weight is 416 g/mol. The third-order valence-electron chi connectivity index (χ3n) is 3.64. The van der Waals surface area contributed by atoms with Crippen molar-refractivity contribution < 1.29 is 0 Å². The van der Waals surface area contributed by atoms with Crippen LogP contribution in [0.5, 0.6) is 0 Å². The zero-order chi connectivity index (χ0) is 15.1. The van der Waals surface area contributed by atoms with Crippen molar-refractivity contribution in [3.05, 3.63) is 35.4 Å². The molecule has 1 N–H and O–H groups in total. The number of halogens is 1. The number of nitrogens with zero attached hydrogens (tertiary/aromatic N) is 3. The van der Waals surface area contributed by atoms with Gasteiger partial charge in [-0.1, -0.05) is 24.3 Å². The third kappa shape index (κ3) is 6.12. The van der Waals surface area contributed by atoms with Crippen LogP contribution in [0.2, 0.25) is 0 Å². The number of nitrogens with one attached hydrogen (secondary N) is 1. The molecule has 2 rings (SSSR count). The molecule has 0 atom stereocenters. The zero-order valence-corrected chi connectivity index (χ0v) is 16.3. The van der Waals surface area contributed by atoms with Crippen LogP contribution in [0.4, 0.5) is 0 Å². The van der Waals surface area contributed by atoms with Crippen LogP contribution in [0.15, 0.2) is 29.3 Å². The van der Waals surface area contributed by atoms with Gasteiger partial charge in [-0.15, -0.1) is 24.0 Å². The van der Waals surface area contributed by atoms with Gasteiger partial charge in [0.05, 0.1) is 6.54 Å². The maximum atomic E-state index is 4.80. The Morgan fingerprint density at radius 1 is 1.23 bits per heavy atom. The second-order valence-corrected chi connectivity index (χ2v) is 5.92. The SMILES string of the molecule is CCNC(=NCc1cccc(CN(C)C)c1)N1CCCC1.I. The second kappa shape index (κ2) is 10.0. The summed E-state index contributed by atoms with van der Waals surface area (Å²) in [6, 6.07) is 8.73. The van der Waals surface area contributed by atoms with E-state index in [-0.39, 0.29) is 24.0 Å². The monoisotopic (exact) mass is 416 g/mol. The maximum Gasteiger partial charge on any atom is 0.194 e. The van der Waals surface area contributed by atoms with Gasteiger partial charge in [0.2, 0.25) is 0 Å². The Labute approximate surface area is 152 Å². The summed E-state index contributed by atoms with van der Waals surface area (Å²) in [5.41, 5.74) is 2.63. The van der Waals surface area contributed by atoms with Crippen molar-refractivity contribution in [3.8, 4) is 0 Å². The highest BCUT2D eigenvalue weighted by molar-refractivity contribution is 14.0. The van der Waals surface area contributed by atoms with Gasteiger partial charge < -0.3 is 15.1 Å². The van der Waals surface area contributed by atoms with Gasteiger partial charge in [0.25, 0.3) is 0 Å². The van der Waals surface area contributed by atoms with E-state index >= 15 is 0 Å². The smallest absolute Gasteiger partial charge is 0.194 e. The van der Waals surface area contributed by atoms with Crippen LogP contribution in [0, 0.1) is 0 Å². The number of hydrogen-bond acceptors (Lipinski definition) is 2. The number of hydrogen-bond donors (Lipinski definition) is 1. The van der Waals surface area contributed by atoms with E-state index in [1.807, 2.05) is 0 Å². The molecule has 22 heavy (non-hydrogen) atoms. The highest BCUT2D eigenvalue weighted by Gasteiger charge is 2.15. The third-order valence-corrected chi connectivity index (χ3v) is 3.64. The number of aliphatic imine (C=N–C) groups is 1. The van der Waals surface area contributed by atoms with Crippen LogP contribution in [-0.4, -0.2) is 49.5 Å². The molecule has 0 unspecified atom stereocenters. The molecule has 4 nitrogen and oxygen atoms in total. The summed E-state index contributed by atoms with van der Waals surface area (Å²) in [5, 5.41) is 3.41. The van der Waals surface area contributed by atoms with E-state index in [9.17, 15) is 0 Å². The van der Waals surface area contributed by atoms with Crippen molar-refractivity contribution in [2.45, 2.75) is 32.9 Å². The Bertz CT molecular complexity index is 467. The summed E-state index contributed by atoms with van der Waals surface area (Å²) in [5.74, 6) is 1.06. The minimum absolute atomic E-state index is 0. The molecular weight excluding hydrogens is 387 g/mol. The Hall–Kier alpha value is -0.820. The first-order valence-corrected chi connectivity index (χ1v) is 7.95. The summed E-state index contributed by atoms with van der Waals surface area (Å²) in [6.45, 7) is 7.04. The lowest BCUT2D eigenvalue weighted by molar-refractivity contribution is 0.402. The van der Waals surface area contributed by atoms with Crippen molar-refractivity contribution in [1.29, 1.82) is 0 Å². The quantitative estimate of drug-likeness (QED) is 0.455. The normalized spacial score (nSPS) is 15.1. The zero-order valence-electron chi connectivity index (χ0n) is 14.0. The first kappa shape index (κ1) is 19.2. The fourth-order valence-corrected chi connectivity index (χ4v) is 2.71. The molecule has 0 bridgehead atoms. The molecule has 0 aromatic heterocycles. The van der Waals surface area contributed by atoms with Crippen LogP contribution in [0.3, 0.4) is 0 Å². The number of likely N-dealkylation sites (tertiary alicyclic amines) is 1. The molecular formula is C17H29IN4. The molecule has 0 radical (unpaired) electrons. The largest absolute Gasteiger partial charge is 0.357 e. The number of rotatable bonds is 5. The molecule has 0 amide bonds. The summed E-state index contributed by atoms with van der Waals surface area (Å²) < 4.78 is 0. The van der Waals surface area contributed by atoms with Crippen molar-refractivity contribution >= 4 is 29.9 Å². The van der Waals surface area contributed by atoms with Gasteiger partial charge in [-0.2, -0.15) is 0 Å². The van der Waals surface area contributed by atoms with Crippen molar-refractivity contribution in [3.63, 3.8) is 0 Å². The predicted octanol–water partition coefficient (Wildman–Crippen LogP) is 2.93. The second-order valence-electron chi connectivity index (χ2n) is 5.92. The lowest BCUT2D eigenvalue weighted by Crippen LogP contribution is -2.39. The van der Waals surface area contributed by atoms with Crippen LogP contribution in [0.1, 0.15) is 30.9 Å². The Morgan fingerprint density at radius 2 is 1.91 bits per heavy atom. The highest BCUT2D eigenvalue weighted by Crippen LogP contribution is 2.11. The standard InChI is InChI=1S/C17H28N4.HI/c1-4-18-17(21-10-5-6-11-21)19-13-15-8-7-9-16(12-15)14-20(2)3;/h7-9,12H,4-6,10-11,13-14H2,1-3H3,(H,18,19);1H. The van der Waals surface area contributed by atoms with Gasteiger partial charge in [0.15, 0.2) is 5.96 Å². The topological polar surface area (TPSA) is 30.9 Å². The lowest BCUT2D eigenvalue weighted by atomic mass is 10.1. The molecule has 1 saturated heterocycles. The fraction of sp³-hybridized carbons (Fsp3) is 0.588. The van der Waals surface area contributed by atoms with E-state index in [2.05, 4.69) is 60.4 Å². The van der Waals surface area contributed by atoms with Crippen LogP contribution >= 0.6 is 24.0 Å². The Morgan fingerprint density at radius 3 is 2.55 bits per heavy atom. The van der Waals surface area contributed by atoms with Gasteiger partial charge in [-0.05, 0) is 45.0 Å². The van der Waals surface area contributed by atoms with Crippen molar-refractivity contribution in [2.24, 2.45) is 4.99 Å². The van der Waals surface area contributed by atoms with Gasteiger partial charge >= 0.3 is 0 Å². The van der Waals surface area contributed by atoms with Crippen LogP contribution in [-0.2, 0) is 13.1 Å². The minimum atomic E-state index is 0. The van der Waals surface area contributed by atoms with Crippen LogP contribution < -0.4 is 5.32 Å². The van der Waals surface area contributed by atoms with Crippen LogP contribution in [0.25, 0.3) is 0 Å². The Kier molecular flexibility index (Phi) is 8.78. The molecule has 5 heteroatoms. The molecule has 124 valence electrons. The van der Waals surface area contributed by atoms with E-state index < -0.39 is 0 Å². The molecule has 0 aliphatic carbocycles.